The first-order valence-corrected chi connectivity index (χ1v) is 11.5. The molecule has 0 radical (unpaired) electrons. The number of likely N-dealkylation sites (tertiary alicyclic amines) is 1. The van der Waals surface area contributed by atoms with E-state index >= 15 is 0 Å². The zero-order chi connectivity index (χ0) is 25.8. The van der Waals surface area contributed by atoms with Crippen LogP contribution in [0.1, 0.15) is 27.5 Å². The van der Waals surface area contributed by atoms with E-state index in [-0.39, 0.29) is 17.3 Å². The van der Waals surface area contributed by atoms with Crippen LogP contribution in [0, 0.1) is 18.6 Å². The molecule has 9 nitrogen and oxygen atoms in total. The molecule has 0 aliphatic carbocycles. The Morgan fingerprint density at radius 3 is 2.56 bits per heavy atom. The van der Waals surface area contributed by atoms with Gasteiger partial charge in [0, 0.05) is 32.7 Å². The molecule has 1 fully saturated rings. The highest BCUT2D eigenvalue weighted by molar-refractivity contribution is 6.03. The summed E-state index contributed by atoms with van der Waals surface area (Å²) in [4.78, 5) is 27.4. The van der Waals surface area contributed by atoms with Crippen LogP contribution in [-0.2, 0) is 4.74 Å². The van der Waals surface area contributed by atoms with Gasteiger partial charge in [-0.1, -0.05) is 24.3 Å². The Morgan fingerprint density at radius 2 is 1.89 bits per heavy atom. The number of hydrogen-bond donors (Lipinski definition) is 3. The second kappa shape index (κ2) is 10.8. The summed E-state index contributed by atoms with van der Waals surface area (Å²) in [5, 5.41) is 10.0. The molecule has 2 heterocycles. The molecule has 0 unspecified atom stereocenters. The quantitative estimate of drug-likeness (QED) is 0.442. The van der Waals surface area contributed by atoms with Gasteiger partial charge in [0.05, 0.1) is 24.0 Å². The number of benzene rings is 2. The summed E-state index contributed by atoms with van der Waals surface area (Å²) in [5.74, 6) is -2.75. The van der Waals surface area contributed by atoms with Crippen LogP contribution in [0.4, 0.5) is 19.4 Å². The summed E-state index contributed by atoms with van der Waals surface area (Å²) in [6.45, 7) is 3.72. The number of primary amides is 1. The van der Waals surface area contributed by atoms with E-state index < -0.39 is 29.6 Å². The highest BCUT2D eigenvalue weighted by Crippen LogP contribution is 2.29. The normalized spacial score (nSPS) is 17.8. The van der Waals surface area contributed by atoms with Gasteiger partial charge in [0.2, 0.25) is 0 Å². The van der Waals surface area contributed by atoms with E-state index in [0.29, 0.717) is 43.2 Å². The third kappa shape index (κ3) is 5.37. The number of ether oxygens (including phenoxy) is 1. The number of nitrogens with zero attached hydrogens (tertiary/aromatic N) is 3. The average Bonchev–Trinajstić information content (AvgIpc) is 3.40. The Kier molecular flexibility index (Phi) is 7.61. The maximum Gasteiger partial charge on any atom is 0.320 e. The minimum absolute atomic E-state index is 0.0966. The molecule has 0 spiro atoms. The fourth-order valence-corrected chi connectivity index (χ4v) is 4.52. The van der Waals surface area contributed by atoms with Gasteiger partial charge < -0.3 is 15.8 Å². The van der Waals surface area contributed by atoms with E-state index in [2.05, 4.69) is 20.6 Å². The van der Waals surface area contributed by atoms with Crippen molar-refractivity contribution in [1.29, 1.82) is 0 Å². The molecule has 11 heteroatoms. The van der Waals surface area contributed by atoms with Crippen molar-refractivity contribution in [2.75, 3.05) is 38.7 Å². The first-order valence-electron chi connectivity index (χ1n) is 11.5. The lowest BCUT2D eigenvalue weighted by Crippen LogP contribution is -2.43. The van der Waals surface area contributed by atoms with E-state index in [1.807, 2.05) is 6.07 Å². The highest BCUT2D eigenvalue weighted by Gasteiger charge is 2.35. The lowest BCUT2D eigenvalue weighted by atomic mass is 9.94. The molecular weight excluding hydrogens is 470 g/mol. The predicted molar refractivity (Wildman–Crippen MR) is 130 cm³/mol. The third-order valence-electron chi connectivity index (χ3n) is 6.23. The van der Waals surface area contributed by atoms with Gasteiger partial charge in [-0.25, -0.2) is 18.3 Å². The van der Waals surface area contributed by atoms with Gasteiger partial charge >= 0.3 is 6.03 Å². The van der Waals surface area contributed by atoms with Crippen molar-refractivity contribution in [3.8, 4) is 5.69 Å². The Hall–Kier alpha value is -3.83. The summed E-state index contributed by atoms with van der Waals surface area (Å²) in [5.41, 5.74) is 7.26. The smallest absolute Gasteiger partial charge is 0.320 e. The van der Waals surface area contributed by atoms with Crippen LogP contribution >= 0.6 is 0 Å². The van der Waals surface area contributed by atoms with E-state index in [0.717, 1.165) is 12.1 Å². The number of para-hydroxylation sites is 1. The molecule has 1 saturated heterocycles. The van der Waals surface area contributed by atoms with Gasteiger partial charge in [-0.05, 0) is 36.8 Å². The lowest BCUT2D eigenvalue weighted by Gasteiger charge is -2.21. The van der Waals surface area contributed by atoms with Gasteiger partial charge in [-0.15, -0.1) is 0 Å². The summed E-state index contributed by atoms with van der Waals surface area (Å²) >= 11 is 0. The minimum Gasteiger partial charge on any atom is -0.383 e. The highest BCUT2D eigenvalue weighted by atomic mass is 19.2. The number of carbonyl (C=O) groups is 2. The van der Waals surface area contributed by atoms with Crippen molar-refractivity contribution >= 4 is 17.8 Å². The van der Waals surface area contributed by atoms with Crippen molar-refractivity contribution in [2.45, 2.75) is 18.9 Å². The lowest BCUT2D eigenvalue weighted by molar-refractivity contribution is 0.100. The minimum atomic E-state index is -0.945. The number of urea groups is 1. The Balaban J connectivity index is 1.59. The van der Waals surface area contributed by atoms with Crippen LogP contribution in [0.15, 0.2) is 48.5 Å². The molecular formula is C25H28F2N6O3. The summed E-state index contributed by atoms with van der Waals surface area (Å²) in [6.07, 6.45) is 0. The Bertz CT molecular complexity index is 1250. The van der Waals surface area contributed by atoms with E-state index in [9.17, 15) is 18.4 Å². The number of aryl methyl sites for hydroxylation is 1. The number of nitrogens with one attached hydrogen (secondary N) is 2. The van der Waals surface area contributed by atoms with Crippen molar-refractivity contribution in [3.05, 3.63) is 77.0 Å². The number of amides is 3. The molecule has 36 heavy (non-hydrogen) atoms. The molecule has 1 aromatic heterocycles. The van der Waals surface area contributed by atoms with Gasteiger partial charge in [0.15, 0.2) is 17.5 Å². The fourth-order valence-electron chi connectivity index (χ4n) is 4.52. The number of carbonyl (C=O) groups excluding carboxylic acids is 2. The van der Waals surface area contributed by atoms with Crippen molar-refractivity contribution < 1.29 is 23.1 Å². The van der Waals surface area contributed by atoms with Crippen molar-refractivity contribution in [2.24, 2.45) is 5.73 Å². The van der Waals surface area contributed by atoms with Gasteiger partial charge in [0.1, 0.15) is 5.56 Å². The number of rotatable bonds is 8. The van der Waals surface area contributed by atoms with Crippen LogP contribution in [0.3, 0.4) is 0 Å². The molecule has 3 amide bonds. The summed E-state index contributed by atoms with van der Waals surface area (Å²) in [7, 11) is 1.60. The number of anilines is 1. The zero-order valence-electron chi connectivity index (χ0n) is 20.0. The molecule has 3 aromatic rings. The van der Waals surface area contributed by atoms with E-state index in [1.165, 1.54) is 10.7 Å². The SMILES string of the molecule is COCCN1C[C@@H](NC(=O)Nc2c(C(N)=O)c(C)nn2-c2ccccc2)[C@H](c2ccc(F)c(F)c2)C1. The second-order valence-electron chi connectivity index (χ2n) is 8.66. The predicted octanol–water partition coefficient (Wildman–Crippen LogP) is 2.79. The van der Waals surface area contributed by atoms with Crippen LogP contribution in [0.25, 0.3) is 5.69 Å². The zero-order valence-corrected chi connectivity index (χ0v) is 20.0. The maximum atomic E-state index is 14.0. The molecule has 190 valence electrons. The molecule has 2 atom stereocenters. The van der Waals surface area contributed by atoms with Crippen LogP contribution in [0.2, 0.25) is 0 Å². The molecule has 0 saturated carbocycles. The number of aromatic nitrogens is 2. The number of halogens is 2. The molecule has 4 N–H and O–H groups in total. The molecule has 1 aliphatic rings. The van der Waals surface area contributed by atoms with Gasteiger partial charge in [-0.3, -0.25) is 15.0 Å². The topological polar surface area (TPSA) is 115 Å². The number of methoxy groups -OCH3 is 1. The number of hydrogen-bond acceptors (Lipinski definition) is 5. The van der Waals surface area contributed by atoms with Gasteiger partial charge in [0.25, 0.3) is 5.91 Å². The molecule has 0 bridgehead atoms. The third-order valence-corrected chi connectivity index (χ3v) is 6.23. The first kappa shape index (κ1) is 25.3. The molecule has 2 aromatic carbocycles. The van der Waals surface area contributed by atoms with Crippen molar-refractivity contribution in [1.82, 2.24) is 20.0 Å². The molecule has 1 aliphatic heterocycles. The van der Waals surface area contributed by atoms with E-state index in [4.69, 9.17) is 10.5 Å². The fraction of sp³-hybridized carbons (Fsp3) is 0.320. The monoisotopic (exact) mass is 498 g/mol. The first-order chi connectivity index (χ1) is 17.3. The Labute approximate surface area is 207 Å². The molecule has 4 rings (SSSR count). The van der Waals surface area contributed by atoms with Crippen molar-refractivity contribution in [3.63, 3.8) is 0 Å². The largest absolute Gasteiger partial charge is 0.383 e. The second-order valence-corrected chi connectivity index (χ2v) is 8.66. The average molecular weight is 499 g/mol. The van der Waals surface area contributed by atoms with E-state index in [1.54, 1.807) is 38.3 Å². The van der Waals surface area contributed by atoms with Crippen LogP contribution < -0.4 is 16.4 Å². The maximum absolute atomic E-state index is 14.0. The number of nitrogens with two attached hydrogens (primary N) is 1. The van der Waals surface area contributed by atoms with Gasteiger partial charge in [-0.2, -0.15) is 5.10 Å². The standard InChI is InChI=1S/C25H28F2N6O3/c1-15-22(23(28)34)24(33(31-15)17-6-4-3-5-7-17)30-25(35)29-21-14-32(10-11-36-2)13-18(21)16-8-9-19(26)20(27)12-16/h3-9,12,18,21H,10-11,13-14H2,1-2H3,(H2,28,34)(H2,29,30,35)/t18-,21+/m0/s1. The Morgan fingerprint density at radius 1 is 1.14 bits per heavy atom. The summed E-state index contributed by atoms with van der Waals surface area (Å²) in [6, 6.07) is 11.8. The van der Waals surface area contributed by atoms with Crippen LogP contribution in [-0.4, -0.2) is 66.0 Å². The van der Waals surface area contributed by atoms with Crippen LogP contribution in [0.5, 0.6) is 0 Å². The summed E-state index contributed by atoms with van der Waals surface area (Å²) < 4.78 is 34.1.